The van der Waals surface area contributed by atoms with Crippen LogP contribution >= 0.6 is 11.9 Å². The first-order valence-corrected chi connectivity index (χ1v) is 10.9. The first-order valence-electron chi connectivity index (χ1n) is 10.1. The normalized spacial score (nSPS) is 31.3. The van der Waals surface area contributed by atoms with Gasteiger partial charge in [0.1, 0.15) is 11.7 Å². The van der Waals surface area contributed by atoms with Crippen LogP contribution in [0.5, 0.6) is 0 Å². The number of carboxylic acids is 1. The molecule has 0 saturated carbocycles. The number of hydrogen-bond donors (Lipinski definition) is 5. The second-order valence-corrected chi connectivity index (χ2v) is 9.06. The number of nitrogens with zero attached hydrogens (tertiary/aromatic N) is 2. The van der Waals surface area contributed by atoms with Crippen LogP contribution in [0.15, 0.2) is 10.6 Å². The van der Waals surface area contributed by atoms with E-state index < -0.39 is 47.8 Å². The van der Waals surface area contributed by atoms with Crippen LogP contribution in [0.1, 0.15) is 19.8 Å². The van der Waals surface area contributed by atoms with Crippen LogP contribution in [-0.4, -0.2) is 93.7 Å². The van der Waals surface area contributed by atoms with Gasteiger partial charge in [-0.05, 0) is 31.7 Å². The lowest BCUT2D eigenvalue weighted by Gasteiger charge is -2.47. The number of aliphatic hydroxyl groups excluding tert-OH is 2. The molecule has 0 aromatic rings. The third-order valence-corrected chi connectivity index (χ3v) is 7.54. The van der Waals surface area contributed by atoms with Crippen LogP contribution in [0.2, 0.25) is 0 Å². The van der Waals surface area contributed by atoms with Crippen molar-refractivity contribution in [3.63, 3.8) is 0 Å². The monoisotopic (exact) mass is 456 g/mol. The van der Waals surface area contributed by atoms with Crippen molar-refractivity contribution in [1.29, 1.82) is 0 Å². The molecule has 3 heterocycles. The third-order valence-electron chi connectivity index (χ3n) is 6.21. The predicted octanol–water partition coefficient (Wildman–Crippen LogP) is -1.67. The van der Waals surface area contributed by atoms with Gasteiger partial charge in [0.15, 0.2) is 0 Å². The van der Waals surface area contributed by atoms with Crippen LogP contribution in [-0.2, 0) is 19.2 Å². The molecule has 0 aromatic carbocycles. The number of carbonyl (C=O) groups is 4. The van der Waals surface area contributed by atoms with E-state index in [-0.39, 0.29) is 43.5 Å². The average Bonchev–Trinajstić information content (AvgIpc) is 3.25. The smallest absolute Gasteiger partial charge is 0.353 e. The van der Waals surface area contributed by atoms with Gasteiger partial charge in [-0.1, -0.05) is 0 Å². The molecule has 0 aromatic heterocycles. The maximum absolute atomic E-state index is 12.6. The van der Waals surface area contributed by atoms with Crippen LogP contribution in [0.25, 0.3) is 0 Å². The van der Waals surface area contributed by atoms with Gasteiger partial charge in [0.2, 0.25) is 17.7 Å². The van der Waals surface area contributed by atoms with Gasteiger partial charge in [-0.25, -0.2) is 9.10 Å². The number of rotatable bonds is 8. The first kappa shape index (κ1) is 23.5. The largest absolute Gasteiger partial charge is 0.477 e. The number of carboxylic acid groups (broad SMARTS) is 1. The Morgan fingerprint density at radius 3 is 2.39 bits per heavy atom. The number of hydrogen-bond acceptors (Lipinski definition) is 8. The highest BCUT2D eigenvalue weighted by molar-refractivity contribution is 8.01. The lowest BCUT2D eigenvalue weighted by molar-refractivity contribution is -0.163. The molecule has 3 aliphatic heterocycles. The van der Waals surface area contributed by atoms with E-state index in [9.17, 15) is 34.5 Å². The SMILES string of the molecule is CNC(=O)[C@H]1C[C@@H](C(=O)NC)N(SC2=C(C(=O)O)N3C(=O)[C@H]([C@@H](C)O)[C@H]3[C@H]2CCO)C1. The number of fused-ring (bicyclic) bond motifs is 1. The molecule has 31 heavy (non-hydrogen) atoms. The Balaban J connectivity index is 1.96. The molecule has 2 fully saturated rings. The minimum Gasteiger partial charge on any atom is -0.477 e. The Labute approximate surface area is 184 Å². The molecule has 0 bridgehead atoms. The number of β-lactam (4-membered cyclic amide) rings is 1. The van der Waals surface area contributed by atoms with Crippen molar-refractivity contribution in [3.8, 4) is 0 Å². The number of aliphatic hydroxyl groups is 2. The summed E-state index contributed by atoms with van der Waals surface area (Å²) in [5.41, 5.74) is -0.186. The second-order valence-electron chi connectivity index (χ2n) is 7.97. The minimum atomic E-state index is -1.29. The van der Waals surface area contributed by atoms with Crippen molar-refractivity contribution in [2.75, 3.05) is 27.2 Å². The summed E-state index contributed by atoms with van der Waals surface area (Å²) in [4.78, 5) is 50.8. The summed E-state index contributed by atoms with van der Waals surface area (Å²) in [5, 5.41) is 34.7. The molecule has 11 nitrogen and oxygen atoms in total. The first-order chi connectivity index (χ1) is 14.7. The van der Waals surface area contributed by atoms with Gasteiger partial charge in [0.05, 0.1) is 24.0 Å². The maximum atomic E-state index is 12.6. The fourth-order valence-electron chi connectivity index (χ4n) is 4.75. The van der Waals surface area contributed by atoms with Crippen molar-refractivity contribution in [2.45, 2.75) is 38.0 Å². The van der Waals surface area contributed by atoms with Crippen molar-refractivity contribution in [3.05, 3.63) is 10.6 Å². The van der Waals surface area contributed by atoms with Crippen LogP contribution < -0.4 is 10.6 Å². The topological polar surface area (TPSA) is 160 Å². The van der Waals surface area contributed by atoms with E-state index >= 15 is 0 Å². The molecule has 6 atom stereocenters. The zero-order chi connectivity index (χ0) is 23.0. The number of aliphatic carboxylic acids is 1. The molecule has 12 heteroatoms. The Morgan fingerprint density at radius 2 is 1.87 bits per heavy atom. The van der Waals surface area contributed by atoms with Crippen LogP contribution in [0, 0.1) is 17.8 Å². The molecule has 3 amide bonds. The van der Waals surface area contributed by atoms with Gasteiger partial charge in [0, 0.05) is 38.1 Å². The van der Waals surface area contributed by atoms with Crippen LogP contribution in [0.3, 0.4) is 0 Å². The zero-order valence-corrected chi connectivity index (χ0v) is 18.4. The van der Waals surface area contributed by atoms with Gasteiger partial charge in [-0.15, -0.1) is 0 Å². The Bertz CT molecular complexity index is 817. The van der Waals surface area contributed by atoms with E-state index in [2.05, 4.69) is 10.6 Å². The third kappa shape index (κ3) is 3.93. The molecule has 0 unspecified atom stereocenters. The van der Waals surface area contributed by atoms with Gasteiger partial charge < -0.3 is 30.9 Å². The molecular weight excluding hydrogens is 428 g/mol. The summed E-state index contributed by atoms with van der Waals surface area (Å²) >= 11 is 1.05. The van der Waals surface area contributed by atoms with Crippen molar-refractivity contribution < 1.29 is 34.5 Å². The van der Waals surface area contributed by atoms with Crippen molar-refractivity contribution in [2.24, 2.45) is 17.8 Å². The summed E-state index contributed by atoms with van der Waals surface area (Å²) in [7, 11) is 3.00. The van der Waals surface area contributed by atoms with Crippen molar-refractivity contribution >= 4 is 35.6 Å². The number of carbonyl (C=O) groups excluding carboxylic acids is 3. The highest BCUT2D eigenvalue weighted by Crippen LogP contribution is 2.53. The summed E-state index contributed by atoms with van der Waals surface area (Å²) in [6.45, 7) is 1.48. The summed E-state index contributed by atoms with van der Waals surface area (Å²) in [6, 6.07) is -1.23. The molecule has 0 aliphatic carbocycles. The number of likely N-dealkylation sites (N-methyl/N-ethyl adjacent to an activating group) is 1. The summed E-state index contributed by atoms with van der Waals surface area (Å²) < 4.78 is 1.68. The fraction of sp³-hybridized carbons (Fsp3) is 0.684. The predicted molar refractivity (Wildman–Crippen MR) is 110 cm³/mol. The van der Waals surface area contributed by atoms with Gasteiger partial charge >= 0.3 is 5.97 Å². The fourth-order valence-corrected chi connectivity index (χ4v) is 6.24. The van der Waals surface area contributed by atoms with Gasteiger partial charge in [0.25, 0.3) is 0 Å². The lowest BCUT2D eigenvalue weighted by Crippen LogP contribution is -2.64. The molecule has 2 saturated heterocycles. The van der Waals surface area contributed by atoms with Gasteiger partial charge in [-0.3, -0.25) is 14.4 Å². The summed E-state index contributed by atoms with van der Waals surface area (Å²) in [6.07, 6.45) is -0.485. The van der Waals surface area contributed by atoms with E-state index in [4.69, 9.17) is 0 Å². The van der Waals surface area contributed by atoms with Gasteiger partial charge in [-0.2, -0.15) is 0 Å². The Morgan fingerprint density at radius 1 is 1.23 bits per heavy atom. The Hall–Kier alpha value is -2.15. The molecule has 0 radical (unpaired) electrons. The average molecular weight is 457 g/mol. The van der Waals surface area contributed by atoms with E-state index in [0.29, 0.717) is 4.91 Å². The highest BCUT2D eigenvalue weighted by atomic mass is 32.2. The minimum absolute atomic E-state index is 0.186. The molecule has 0 spiro atoms. The second kappa shape index (κ2) is 9.15. The van der Waals surface area contributed by atoms with Crippen LogP contribution in [0.4, 0.5) is 0 Å². The molecule has 3 aliphatic rings. The Kier molecular flexibility index (Phi) is 6.94. The number of amides is 3. The molecular formula is C19H28N4O7S. The van der Waals surface area contributed by atoms with E-state index in [1.807, 2.05) is 0 Å². The quantitative estimate of drug-likeness (QED) is 0.213. The van der Waals surface area contributed by atoms with E-state index in [1.54, 1.807) is 4.31 Å². The molecule has 5 N–H and O–H groups in total. The standard InChI is InChI=1S/C19H28N4O7S/c1-8(25)12-13-10(4-5-24)15(14(19(29)30)23(13)18(12)28)31-22-7-9(16(26)20-2)6-11(22)17(27)21-3/h8-13,24-25H,4-7H2,1-3H3,(H,20,26)(H,21,27)(H,29,30)/t8-,9+,10-,11+,12-,13-/m1/s1. The number of nitrogens with one attached hydrogen (secondary N) is 2. The molecule has 172 valence electrons. The zero-order valence-electron chi connectivity index (χ0n) is 17.6. The van der Waals surface area contributed by atoms with E-state index in [1.165, 1.54) is 25.9 Å². The highest BCUT2D eigenvalue weighted by Gasteiger charge is 2.61. The van der Waals surface area contributed by atoms with Crippen molar-refractivity contribution in [1.82, 2.24) is 19.8 Å². The van der Waals surface area contributed by atoms with E-state index in [0.717, 1.165) is 11.9 Å². The summed E-state index contributed by atoms with van der Waals surface area (Å²) in [5.74, 6) is -3.97. The molecule has 3 rings (SSSR count). The lowest BCUT2D eigenvalue weighted by atomic mass is 9.77. The maximum Gasteiger partial charge on any atom is 0.353 e.